The summed E-state index contributed by atoms with van der Waals surface area (Å²) in [6, 6.07) is 8.74. The van der Waals surface area contributed by atoms with E-state index in [1.165, 1.54) is 5.56 Å². The molecule has 1 aliphatic rings. The summed E-state index contributed by atoms with van der Waals surface area (Å²) in [5, 5.41) is 6.71. The Balaban J connectivity index is 0.00000364. The Morgan fingerprint density at radius 2 is 1.96 bits per heavy atom. The molecule has 1 heterocycles. The molecule has 1 fully saturated rings. The van der Waals surface area contributed by atoms with Crippen LogP contribution < -0.4 is 15.5 Å². The van der Waals surface area contributed by atoms with Crippen LogP contribution in [-0.2, 0) is 11.3 Å². The van der Waals surface area contributed by atoms with Crippen molar-refractivity contribution in [1.82, 2.24) is 15.5 Å². The lowest BCUT2D eigenvalue weighted by molar-refractivity contribution is -0.117. The van der Waals surface area contributed by atoms with E-state index < -0.39 is 0 Å². The highest BCUT2D eigenvalue weighted by molar-refractivity contribution is 14.0. The smallest absolute Gasteiger partial charge is 0.227 e. The monoisotopic (exact) mass is 487 g/mol. The van der Waals surface area contributed by atoms with Gasteiger partial charge in [-0.05, 0) is 44.5 Å². The number of nitrogens with zero attached hydrogens (tertiary/aromatic N) is 3. The van der Waals surface area contributed by atoms with Crippen molar-refractivity contribution in [1.29, 1.82) is 0 Å². The van der Waals surface area contributed by atoms with Gasteiger partial charge in [0.05, 0.1) is 0 Å². The van der Waals surface area contributed by atoms with Crippen LogP contribution in [0.4, 0.5) is 5.69 Å². The molecular weight excluding hydrogens is 453 g/mol. The van der Waals surface area contributed by atoms with E-state index in [1.807, 2.05) is 17.0 Å². The molecule has 1 amide bonds. The van der Waals surface area contributed by atoms with Crippen molar-refractivity contribution in [2.75, 3.05) is 38.1 Å². The highest BCUT2D eigenvalue weighted by atomic mass is 127. The quantitative estimate of drug-likeness (QED) is 0.337. The van der Waals surface area contributed by atoms with Crippen LogP contribution in [0, 0.1) is 0 Å². The number of guanidine groups is 1. The summed E-state index contributed by atoms with van der Waals surface area (Å²) in [5.41, 5.74) is 2.16. The summed E-state index contributed by atoms with van der Waals surface area (Å²) >= 11 is 0. The minimum absolute atomic E-state index is 0. The first-order valence-electron chi connectivity index (χ1n) is 9.63. The molecule has 0 aromatic heterocycles. The molecule has 7 heteroatoms. The van der Waals surface area contributed by atoms with Gasteiger partial charge in [-0.15, -0.1) is 24.0 Å². The third kappa shape index (κ3) is 7.29. The number of carbonyl (C=O) groups is 1. The number of hydrogen-bond donors (Lipinski definition) is 2. The lowest BCUT2D eigenvalue weighted by Crippen LogP contribution is -2.42. The Morgan fingerprint density at radius 1 is 1.26 bits per heavy atom. The van der Waals surface area contributed by atoms with Crippen LogP contribution in [0.1, 0.15) is 39.2 Å². The van der Waals surface area contributed by atoms with Crippen LogP contribution in [0.2, 0.25) is 0 Å². The second kappa shape index (κ2) is 12.2. The summed E-state index contributed by atoms with van der Waals surface area (Å²) < 4.78 is 0. The zero-order valence-electron chi connectivity index (χ0n) is 17.0. The number of nitrogens with one attached hydrogen (secondary N) is 2. The molecule has 1 saturated heterocycles. The van der Waals surface area contributed by atoms with Gasteiger partial charge in [0.25, 0.3) is 0 Å². The Bertz CT molecular complexity index is 603. The number of anilines is 1. The molecule has 0 unspecified atom stereocenters. The van der Waals surface area contributed by atoms with Gasteiger partial charge >= 0.3 is 0 Å². The average molecular weight is 487 g/mol. The minimum Gasteiger partial charge on any atom is -0.355 e. The molecule has 152 valence electrons. The predicted octanol–water partition coefficient (Wildman–Crippen LogP) is 2.83. The number of amides is 1. The van der Waals surface area contributed by atoms with E-state index in [2.05, 4.69) is 53.4 Å². The second-order valence-corrected chi connectivity index (χ2v) is 6.89. The maximum absolute atomic E-state index is 11.8. The molecule has 27 heavy (non-hydrogen) atoms. The summed E-state index contributed by atoms with van der Waals surface area (Å²) in [4.78, 5) is 20.4. The first-order chi connectivity index (χ1) is 12.5. The van der Waals surface area contributed by atoms with Crippen molar-refractivity contribution in [3.63, 3.8) is 0 Å². The summed E-state index contributed by atoms with van der Waals surface area (Å²) in [6.07, 6.45) is 1.62. The third-order valence-electron chi connectivity index (χ3n) is 4.83. The maximum Gasteiger partial charge on any atom is 0.227 e. The van der Waals surface area contributed by atoms with Crippen LogP contribution in [0.15, 0.2) is 29.3 Å². The first-order valence-corrected chi connectivity index (χ1v) is 9.63. The van der Waals surface area contributed by atoms with Crippen LogP contribution in [0.5, 0.6) is 0 Å². The van der Waals surface area contributed by atoms with Crippen LogP contribution >= 0.6 is 24.0 Å². The standard InChI is InChI=1S/C20H33N5O.HI/c1-5-24(16(2)3)14-12-22-20(21-4)23-15-17-8-10-18(11-9-17)25-13-6-7-19(25)26;/h8-11,16H,5-7,12-15H2,1-4H3,(H2,21,22,23);1H. The van der Waals surface area contributed by atoms with Crippen molar-refractivity contribution in [3.8, 4) is 0 Å². The van der Waals surface area contributed by atoms with Gasteiger partial charge in [0.15, 0.2) is 5.96 Å². The van der Waals surface area contributed by atoms with Gasteiger partial charge in [-0.25, -0.2) is 0 Å². The predicted molar refractivity (Wildman–Crippen MR) is 124 cm³/mol. The lowest BCUT2D eigenvalue weighted by atomic mass is 10.2. The van der Waals surface area contributed by atoms with E-state index in [0.717, 1.165) is 44.2 Å². The Kier molecular flexibility index (Phi) is 10.7. The molecule has 1 aromatic rings. The Hall–Kier alpha value is -1.35. The largest absolute Gasteiger partial charge is 0.355 e. The van der Waals surface area contributed by atoms with E-state index >= 15 is 0 Å². The van der Waals surface area contributed by atoms with Crippen molar-refractivity contribution >= 4 is 41.5 Å². The molecular formula is C20H34IN5O. The van der Waals surface area contributed by atoms with Gasteiger partial charge in [0, 0.05) is 51.4 Å². The fraction of sp³-hybridized carbons (Fsp3) is 0.600. The van der Waals surface area contributed by atoms with Crippen molar-refractivity contribution < 1.29 is 4.79 Å². The molecule has 1 aliphatic heterocycles. The van der Waals surface area contributed by atoms with E-state index in [0.29, 0.717) is 19.0 Å². The average Bonchev–Trinajstić information content (AvgIpc) is 3.07. The molecule has 0 bridgehead atoms. The van der Waals surface area contributed by atoms with E-state index in [1.54, 1.807) is 7.05 Å². The summed E-state index contributed by atoms with van der Waals surface area (Å²) in [7, 11) is 1.79. The zero-order valence-corrected chi connectivity index (χ0v) is 19.3. The topological polar surface area (TPSA) is 60.0 Å². The van der Waals surface area contributed by atoms with Gasteiger partial charge in [-0.3, -0.25) is 14.7 Å². The molecule has 0 saturated carbocycles. The molecule has 2 N–H and O–H groups in total. The van der Waals surface area contributed by atoms with E-state index in [4.69, 9.17) is 0 Å². The van der Waals surface area contributed by atoms with Gasteiger partial charge in [-0.1, -0.05) is 19.1 Å². The maximum atomic E-state index is 11.8. The molecule has 1 aromatic carbocycles. The van der Waals surface area contributed by atoms with Gasteiger partial charge in [-0.2, -0.15) is 0 Å². The van der Waals surface area contributed by atoms with Gasteiger partial charge < -0.3 is 15.5 Å². The molecule has 0 spiro atoms. The van der Waals surface area contributed by atoms with Crippen molar-refractivity contribution in [2.45, 2.75) is 46.2 Å². The highest BCUT2D eigenvalue weighted by Gasteiger charge is 2.21. The Morgan fingerprint density at radius 3 is 2.48 bits per heavy atom. The molecule has 6 nitrogen and oxygen atoms in total. The molecule has 0 aliphatic carbocycles. The summed E-state index contributed by atoms with van der Waals surface area (Å²) in [5.74, 6) is 1.03. The number of aliphatic imine (C=N–C) groups is 1. The third-order valence-corrected chi connectivity index (χ3v) is 4.83. The van der Waals surface area contributed by atoms with Crippen molar-refractivity contribution in [3.05, 3.63) is 29.8 Å². The number of likely N-dealkylation sites (N-methyl/N-ethyl adjacent to an activating group) is 1. The normalized spacial score (nSPS) is 14.7. The molecule has 0 atom stereocenters. The van der Waals surface area contributed by atoms with Crippen molar-refractivity contribution in [2.24, 2.45) is 4.99 Å². The van der Waals surface area contributed by atoms with Crippen LogP contribution in [-0.4, -0.2) is 56.0 Å². The summed E-state index contributed by atoms with van der Waals surface area (Å²) in [6.45, 7) is 11.1. The highest BCUT2D eigenvalue weighted by Crippen LogP contribution is 2.21. The number of halogens is 1. The minimum atomic E-state index is 0. The number of hydrogen-bond acceptors (Lipinski definition) is 3. The van der Waals surface area contributed by atoms with Crippen LogP contribution in [0.25, 0.3) is 0 Å². The van der Waals surface area contributed by atoms with Gasteiger partial charge in [0.2, 0.25) is 5.91 Å². The van der Waals surface area contributed by atoms with Gasteiger partial charge in [0.1, 0.15) is 0 Å². The fourth-order valence-electron chi connectivity index (χ4n) is 3.22. The zero-order chi connectivity index (χ0) is 18.9. The number of benzene rings is 1. The molecule has 0 radical (unpaired) electrons. The second-order valence-electron chi connectivity index (χ2n) is 6.89. The SMILES string of the molecule is CCN(CCNC(=NC)NCc1ccc(N2CCCC2=O)cc1)C(C)C.I. The number of carbonyl (C=O) groups excluding carboxylic acids is 1. The number of rotatable bonds is 8. The first kappa shape index (κ1) is 23.7. The van der Waals surface area contributed by atoms with E-state index in [9.17, 15) is 4.79 Å². The van der Waals surface area contributed by atoms with Crippen LogP contribution in [0.3, 0.4) is 0 Å². The molecule has 2 rings (SSSR count). The Labute approximate surface area is 180 Å². The van der Waals surface area contributed by atoms with E-state index in [-0.39, 0.29) is 29.9 Å². The fourth-order valence-corrected chi connectivity index (χ4v) is 3.22. The lowest BCUT2D eigenvalue weighted by Gasteiger charge is -2.25.